The number of carbonyl (C=O) groups excluding carboxylic acids is 1. The average Bonchev–Trinajstić information content (AvgIpc) is 2.84. The molecule has 0 aliphatic carbocycles. The molecule has 0 aromatic heterocycles. The van der Waals surface area contributed by atoms with Crippen LogP contribution >= 0.6 is 0 Å². The molecule has 0 unspecified atom stereocenters. The highest BCUT2D eigenvalue weighted by molar-refractivity contribution is 7.89. The van der Waals surface area contributed by atoms with E-state index in [4.69, 9.17) is 0 Å². The lowest BCUT2D eigenvalue weighted by molar-refractivity contribution is -0.140. The minimum absolute atomic E-state index is 0.00768. The topological polar surface area (TPSA) is 69.7 Å². The lowest BCUT2D eigenvalue weighted by Gasteiger charge is -2.37. The van der Waals surface area contributed by atoms with E-state index in [2.05, 4.69) is 12.2 Å². The first-order valence-electron chi connectivity index (χ1n) is 11.3. The first kappa shape index (κ1) is 26.2. The normalized spacial score (nSPS) is 17.8. The van der Waals surface area contributed by atoms with Crippen molar-refractivity contribution >= 4 is 15.9 Å². The number of sulfonamides is 1. The third kappa shape index (κ3) is 5.97. The molecule has 1 heterocycles. The molecule has 0 spiro atoms. The van der Waals surface area contributed by atoms with Crippen LogP contribution in [0.4, 0.5) is 13.2 Å². The predicted octanol–water partition coefficient (Wildman–Crippen LogP) is 3.71. The third-order valence-corrected chi connectivity index (χ3v) is 8.25. The van der Waals surface area contributed by atoms with Crippen molar-refractivity contribution in [3.8, 4) is 0 Å². The molecule has 1 fully saturated rings. The van der Waals surface area contributed by atoms with Crippen molar-refractivity contribution in [2.24, 2.45) is 0 Å². The van der Waals surface area contributed by atoms with Gasteiger partial charge in [-0.1, -0.05) is 49.4 Å². The lowest BCUT2D eigenvalue weighted by atomic mass is 9.96. The van der Waals surface area contributed by atoms with Crippen LogP contribution in [0.1, 0.15) is 37.3 Å². The molecule has 1 N–H and O–H groups in total. The molecule has 10 heteroatoms. The van der Waals surface area contributed by atoms with E-state index in [1.54, 1.807) is 6.92 Å². The third-order valence-electron chi connectivity index (χ3n) is 6.30. The summed E-state index contributed by atoms with van der Waals surface area (Å²) in [6.07, 6.45) is -3.90. The molecule has 2 aromatic rings. The molecule has 34 heavy (non-hydrogen) atoms. The molecule has 186 valence electrons. The molecule has 1 aliphatic rings. The number of hydrogen-bond donors (Lipinski definition) is 1. The quantitative estimate of drug-likeness (QED) is 0.604. The second kappa shape index (κ2) is 10.9. The van der Waals surface area contributed by atoms with Crippen LogP contribution in [-0.2, 0) is 21.0 Å². The fourth-order valence-electron chi connectivity index (χ4n) is 4.16. The van der Waals surface area contributed by atoms with E-state index in [0.717, 1.165) is 28.4 Å². The first-order valence-corrected chi connectivity index (χ1v) is 12.7. The van der Waals surface area contributed by atoms with Crippen molar-refractivity contribution in [2.75, 3.05) is 32.7 Å². The predicted molar refractivity (Wildman–Crippen MR) is 124 cm³/mol. The number of piperazine rings is 1. The first-order chi connectivity index (χ1) is 16.1. The summed E-state index contributed by atoms with van der Waals surface area (Å²) in [5.41, 5.74) is -0.0232. The van der Waals surface area contributed by atoms with Crippen LogP contribution in [0.2, 0.25) is 0 Å². The van der Waals surface area contributed by atoms with Gasteiger partial charge in [0.05, 0.1) is 16.5 Å². The average molecular weight is 498 g/mol. The van der Waals surface area contributed by atoms with Gasteiger partial charge in [-0.3, -0.25) is 9.69 Å². The Bertz CT molecular complexity index is 1070. The molecule has 1 aliphatic heterocycles. The number of nitrogens with one attached hydrogen (secondary N) is 1. The minimum atomic E-state index is -4.77. The van der Waals surface area contributed by atoms with Crippen LogP contribution < -0.4 is 5.32 Å². The van der Waals surface area contributed by atoms with E-state index in [1.807, 2.05) is 35.2 Å². The standard InChI is InChI=1S/C24H30F3N3O3S/c1-3-19(20-9-5-4-6-10-20)17-28-23(31)18(2)29-13-15-30(16-14-29)34(32,33)22-12-8-7-11-21(22)24(25,26)27/h4-12,18-19H,3,13-17H2,1-2H3,(H,28,31)/t18-,19+/m0/s1. The van der Waals surface area contributed by atoms with Crippen molar-refractivity contribution in [1.29, 1.82) is 0 Å². The number of amides is 1. The van der Waals surface area contributed by atoms with Gasteiger partial charge in [-0.15, -0.1) is 0 Å². The van der Waals surface area contributed by atoms with E-state index in [-0.39, 0.29) is 38.0 Å². The Balaban J connectivity index is 1.59. The van der Waals surface area contributed by atoms with Crippen LogP contribution in [0, 0.1) is 0 Å². The summed E-state index contributed by atoms with van der Waals surface area (Å²) in [5, 5.41) is 2.98. The number of alkyl halides is 3. The maximum atomic E-state index is 13.3. The van der Waals surface area contributed by atoms with E-state index < -0.39 is 32.7 Å². The van der Waals surface area contributed by atoms with Gasteiger partial charge < -0.3 is 5.32 Å². The summed E-state index contributed by atoms with van der Waals surface area (Å²) < 4.78 is 66.9. The smallest absolute Gasteiger partial charge is 0.354 e. The van der Waals surface area contributed by atoms with E-state index >= 15 is 0 Å². The second-order valence-electron chi connectivity index (χ2n) is 8.37. The van der Waals surface area contributed by atoms with Crippen molar-refractivity contribution in [2.45, 2.75) is 43.3 Å². The Morgan fingerprint density at radius 2 is 1.59 bits per heavy atom. The summed E-state index contributed by atoms with van der Waals surface area (Å²) in [7, 11) is -4.31. The number of benzene rings is 2. The zero-order valence-electron chi connectivity index (χ0n) is 19.3. The monoisotopic (exact) mass is 497 g/mol. The van der Waals surface area contributed by atoms with Gasteiger partial charge in [0, 0.05) is 38.6 Å². The number of carbonyl (C=O) groups is 1. The summed E-state index contributed by atoms with van der Waals surface area (Å²) >= 11 is 0. The summed E-state index contributed by atoms with van der Waals surface area (Å²) in [4.78, 5) is 13.8. The highest BCUT2D eigenvalue weighted by Crippen LogP contribution is 2.35. The molecule has 1 saturated heterocycles. The van der Waals surface area contributed by atoms with Gasteiger partial charge >= 0.3 is 6.18 Å². The summed E-state index contributed by atoms with van der Waals surface area (Å²) in [6.45, 7) is 4.81. The van der Waals surface area contributed by atoms with Crippen LogP contribution in [0.3, 0.4) is 0 Å². The molecule has 2 atom stereocenters. The van der Waals surface area contributed by atoms with Crippen molar-refractivity contribution < 1.29 is 26.4 Å². The van der Waals surface area contributed by atoms with E-state index in [1.165, 1.54) is 12.1 Å². The highest BCUT2D eigenvalue weighted by atomic mass is 32.2. The van der Waals surface area contributed by atoms with Crippen molar-refractivity contribution in [3.63, 3.8) is 0 Å². The SMILES string of the molecule is CC[C@H](CNC(=O)[C@H](C)N1CCN(S(=O)(=O)c2ccccc2C(F)(F)F)CC1)c1ccccc1. The minimum Gasteiger partial charge on any atom is -0.354 e. The van der Waals surface area contributed by atoms with Crippen molar-refractivity contribution in [3.05, 3.63) is 65.7 Å². The molecular weight excluding hydrogens is 467 g/mol. The maximum Gasteiger partial charge on any atom is 0.417 e. The lowest BCUT2D eigenvalue weighted by Crippen LogP contribution is -2.55. The molecule has 0 radical (unpaired) electrons. The van der Waals surface area contributed by atoms with Crippen LogP contribution in [0.5, 0.6) is 0 Å². The summed E-state index contributed by atoms with van der Waals surface area (Å²) in [6, 6.07) is 13.6. The van der Waals surface area contributed by atoms with Crippen LogP contribution in [-0.4, -0.2) is 62.3 Å². The Morgan fingerprint density at radius 1 is 1.00 bits per heavy atom. The Hall–Kier alpha value is -2.43. The van der Waals surface area contributed by atoms with Gasteiger partial charge in [-0.2, -0.15) is 17.5 Å². The van der Waals surface area contributed by atoms with Gasteiger partial charge in [-0.05, 0) is 31.0 Å². The molecule has 3 rings (SSSR count). The molecule has 0 bridgehead atoms. The van der Waals surface area contributed by atoms with Gasteiger partial charge in [0.15, 0.2) is 0 Å². The fourth-order valence-corrected chi connectivity index (χ4v) is 5.79. The Kier molecular flexibility index (Phi) is 8.38. The van der Waals surface area contributed by atoms with Gasteiger partial charge in [-0.25, -0.2) is 8.42 Å². The number of nitrogens with zero attached hydrogens (tertiary/aromatic N) is 2. The van der Waals surface area contributed by atoms with E-state index in [0.29, 0.717) is 6.54 Å². The van der Waals surface area contributed by atoms with Gasteiger partial charge in [0.2, 0.25) is 15.9 Å². The maximum absolute atomic E-state index is 13.3. The van der Waals surface area contributed by atoms with Crippen LogP contribution in [0.25, 0.3) is 0 Å². The zero-order valence-corrected chi connectivity index (χ0v) is 20.1. The Morgan fingerprint density at radius 3 is 2.18 bits per heavy atom. The number of halogens is 3. The Labute approximate surface area is 198 Å². The fraction of sp³-hybridized carbons (Fsp3) is 0.458. The van der Waals surface area contributed by atoms with Gasteiger partial charge in [0.1, 0.15) is 0 Å². The second-order valence-corrected chi connectivity index (χ2v) is 10.3. The molecule has 0 saturated carbocycles. The molecular formula is C24H30F3N3O3S. The zero-order chi connectivity index (χ0) is 24.9. The molecule has 2 aromatic carbocycles. The van der Waals surface area contributed by atoms with E-state index in [9.17, 15) is 26.4 Å². The van der Waals surface area contributed by atoms with Gasteiger partial charge in [0.25, 0.3) is 0 Å². The largest absolute Gasteiger partial charge is 0.417 e. The molecule has 6 nitrogen and oxygen atoms in total. The number of rotatable bonds is 8. The van der Waals surface area contributed by atoms with Crippen LogP contribution in [0.15, 0.2) is 59.5 Å². The highest BCUT2D eigenvalue weighted by Gasteiger charge is 2.40. The summed E-state index contributed by atoms with van der Waals surface area (Å²) in [5.74, 6) is 0.0288. The van der Waals surface area contributed by atoms with Crippen molar-refractivity contribution in [1.82, 2.24) is 14.5 Å². The number of hydrogen-bond acceptors (Lipinski definition) is 4. The molecule has 1 amide bonds.